The highest BCUT2D eigenvalue weighted by Crippen LogP contribution is 2.14. The number of guanidine groups is 1. The van der Waals surface area contributed by atoms with Gasteiger partial charge in [0.15, 0.2) is 5.96 Å². The van der Waals surface area contributed by atoms with E-state index in [0.29, 0.717) is 19.6 Å². The molecule has 0 fully saturated rings. The first-order valence-corrected chi connectivity index (χ1v) is 10.5. The number of rotatable bonds is 8. The van der Waals surface area contributed by atoms with Crippen molar-refractivity contribution in [1.82, 2.24) is 19.1 Å². The lowest BCUT2D eigenvalue weighted by Crippen LogP contribution is -2.40. The normalized spacial score (nSPS) is 12.2. The van der Waals surface area contributed by atoms with Crippen molar-refractivity contribution in [3.8, 4) is 0 Å². The van der Waals surface area contributed by atoms with Crippen LogP contribution in [0.1, 0.15) is 19.0 Å². The van der Waals surface area contributed by atoms with E-state index in [1.807, 2.05) is 32.1 Å². The molecular weight excluding hydrogens is 521 g/mol. The summed E-state index contributed by atoms with van der Waals surface area (Å²) in [5, 5.41) is 3.28. The van der Waals surface area contributed by atoms with Crippen molar-refractivity contribution in [2.75, 3.05) is 40.0 Å². The van der Waals surface area contributed by atoms with Crippen molar-refractivity contribution < 1.29 is 8.42 Å². The molecule has 0 atom stereocenters. The second-order valence-electron chi connectivity index (χ2n) is 5.70. The Morgan fingerprint density at radius 3 is 2.52 bits per heavy atom. The Balaban J connectivity index is 0.00000576. The number of aryl methyl sites for hydroxylation is 1. The molecule has 0 saturated carbocycles. The van der Waals surface area contributed by atoms with Crippen molar-refractivity contribution in [3.63, 3.8) is 0 Å². The van der Waals surface area contributed by atoms with Crippen LogP contribution >= 0.6 is 39.9 Å². The van der Waals surface area contributed by atoms with Crippen LogP contribution in [-0.2, 0) is 23.6 Å². The molecular formula is C15H29BrIN5O2S. The lowest BCUT2D eigenvalue weighted by molar-refractivity contribution is 0.418. The maximum Gasteiger partial charge on any atom is 0.211 e. The van der Waals surface area contributed by atoms with Gasteiger partial charge in [-0.15, -0.1) is 24.0 Å². The molecule has 0 radical (unpaired) electrons. The highest BCUT2D eigenvalue weighted by molar-refractivity contribution is 14.0. The van der Waals surface area contributed by atoms with Crippen LogP contribution in [0.3, 0.4) is 0 Å². The number of hydrogen-bond acceptors (Lipinski definition) is 3. The molecule has 1 aromatic heterocycles. The predicted octanol–water partition coefficient (Wildman–Crippen LogP) is 2.08. The van der Waals surface area contributed by atoms with Gasteiger partial charge >= 0.3 is 0 Å². The summed E-state index contributed by atoms with van der Waals surface area (Å²) in [5.41, 5.74) is 1.17. The van der Waals surface area contributed by atoms with E-state index in [9.17, 15) is 8.42 Å². The third-order valence-electron chi connectivity index (χ3n) is 3.74. The van der Waals surface area contributed by atoms with E-state index in [-0.39, 0.29) is 24.0 Å². The summed E-state index contributed by atoms with van der Waals surface area (Å²) < 4.78 is 27.7. The zero-order chi connectivity index (χ0) is 18.3. The number of sulfonamides is 1. The first kappa shape index (κ1) is 24.7. The topological polar surface area (TPSA) is 69.9 Å². The van der Waals surface area contributed by atoms with Crippen LogP contribution in [0, 0.1) is 0 Å². The molecule has 0 saturated heterocycles. The first-order chi connectivity index (χ1) is 11.2. The zero-order valence-corrected chi connectivity index (χ0v) is 20.2. The van der Waals surface area contributed by atoms with Crippen LogP contribution in [0.15, 0.2) is 21.7 Å². The summed E-state index contributed by atoms with van der Waals surface area (Å²) in [6, 6.07) is 2.08. The highest BCUT2D eigenvalue weighted by Gasteiger charge is 2.14. The van der Waals surface area contributed by atoms with E-state index in [4.69, 9.17) is 0 Å². The Kier molecular flexibility index (Phi) is 11.2. The Labute approximate surface area is 177 Å². The first-order valence-electron chi connectivity index (χ1n) is 7.86. The van der Waals surface area contributed by atoms with Crippen molar-refractivity contribution >= 4 is 55.9 Å². The molecule has 10 heteroatoms. The SMILES string of the molecule is CCN(CCCNC(=NC)N(C)Cc1cc(Br)cn1C)S(C)(=O)=O.I. The number of aliphatic imine (C=N–C) groups is 1. The van der Waals surface area contributed by atoms with E-state index in [2.05, 4.69) is 36.9 Å². The minimum atomic E-state index is -3.12. The molecule has 0 unspecified atom stereocenters. The molecule has 0 bridgehead atoms. The molecule has 0 aromatic carbocycles. The Hall–Kier alpha value is -0.330. The molecule has 0 aliphatic heterocycles. The molecule has 25 heavy (non-hydrogen) atoms. The van der Waals surface area contributed by atoms with Crippen molar-refractivity contribution in [2.45, 2.75) is 19.9 Å². The minimum Gasteiger partial charge on any atom is -0.356 e. The number of hydrogen-bond donors (Lipinski definition) is 1. The van der Waals surface area contributed by atoms with E-state index >= 15 is 0 Å². The second kappa shape index (κ2) is 11.4. The van der Waals surface area contributed by atoms with Gasteiger partial charge in [-0.3, -0.25) is 4.99 Å². The van der Waals surface area contributed by atoms with Crippen molar-refractivity contribution in [2.24, 2.45) is 12.0 Å². The molecule has 0 spiro atoms. The molecule has 7 nitrogen and oxygen atoms in total. The van der Waals surface area contributed by atoms with Gasteiger partial charge in [0.05, 0.1) is 12.8 Å². The number of nitrogens with one attached hydrogen (secondary N) is 1. The van der Waals surface area contributed by atoms with E-state index in [1.54, 1.807) is 7.05 Å². The summed E-state index contributed by atoms with van der Waals surface area (Å²) in [7, 11) is 2.61. The molecule has 1 heterocycles. The van der Waals surface area contributed by atoms with Gasteiger partial charge in [-0.25, -0.2) is 12.7 Å². The fourth-order valence-electron chi connectivity index (χ4n) is 2.44. The lowest BCUT2D eigenvalue weighted by atomic mass is 10.4. The van der Waals surface area contributed by atoms with E-state index in [0.717, 1.165) is 23.4 Å². The Morgan fingerprint density at radius 1 is 1.44 bits per heavy atom. The van der Waals surface area contributed by atoms with Gasteiger partial charge in [0.25, 0.3) is 0 Å². The molecule has 0 aliphatic carbocycles. The van der Waals surface area contributed by atoms with Crippen LogP contribution in [0.2, 0.25) is 0 Å². The lowest BCUT2D eigenvalue weighted by Gasteiger charge is -2.23. The predicted molar refractivity (Wildman–Crippen MR) is 118 cm³/mol. The van der Waals surface area contributed by atoms with Gasteiger partial charge in [0.1, 0.15) is 0 Å². The summed E-state index contributed by atoms with van der Waals surface area (Å²) >= 11 is 3.48. The number of aromatic nitrogens is 1. The van der Waals surface area contributed by atoms with Gasteiger partial charge in [-0.2, -0.15) is 0 Å². The average Bonchev–Trinajstić information content (AvgIpc) is 2.79. The largest absolute Gasteiger partial charge is 0.356 e. The molecule has 1 aromatic rings. The summed E-state index contributed by atoms with van der Waals surface area (Å²) in [4.78, 5) is 6.32. The van der Waals surface area contributed by atoms with Gasteiger partial charge in [-0.05, 0) is 28.4 Å². The van der Waals surface area contributed by atoms with Crippen LogP contribution in [0.25, 0.3) is 0 Å². The maximum absolute atomic E-state index is 11.6. The van der Waals surface area contributed by atoms with Gasteiger partial charge in [0.2, 0.25) is 10.0 Å². The van der Waals surface area contributed by atoms with E-state index in [1.165, 1.54) is 16.3 Å². The number of nitrogens with zero attached hydrogens (tertiary/aromatic N) is 4. The Morgan fingerprint density at radius 2 is 2.08 bits per heavy atom. The van der Waals surface area contributed by atoms with Crippen LogP contribution in [-0.4, -0.2) is 68.1 Å². The zero-order valence-electron chi connectivity index (χ0n) is 15.5. The summed E-state index contributed by atoms with van der Waals surface area (Å²) in [6.45, 7) is 4.24. The van der Waals surface area contributed by atoms with Gasteiger partial charge in [-0.1, -0.05) is 6.92 Å². The van der Waals surface area contributed by atoms with Crippen molar-refractivity contribution in [1.29, 1.82) is 0 Å². The molecule has 0 amide bonds. The maximum atomic E-state index is 11.6. The highest BCUT2D eigenvalue weighted by atomic mass is 127. The van der Waals surface area contributed by atoms with Crippen molar-refractivity contribution in [3.05, 3.63) is 22.4 Å². The molecule has 146 valence electrons. The smallest absolute Gasteiger partial charge is 0.211 e. The van der Waals surface area contributed by atoms with Gasteiger partial charge < -0.3 is 14.8 Å². The van der Waals surface area contributed by atoms with Gasteiger partial charge in [0, 0.05) is 57.1 Å². The third-order valence-corrected chi connectivity index (χ3v) is 5.55. The quantitative estimate of drug-likeness (QED) is 0.233. The minimum absolute atomic E-state index is 0. The second-order valence-corrected chi connectivity index (χ2v) is 8.60. The molecule has 1 rings (SSSR count). The van der Waals surface area contributed by atoms with Crippen LogP contribution < -0.4 is 5.32 Å². The number of halogens is 2. The monoisotopic (exact) mass is 549 g/mol. The fraction of sp³-hybridized carbons (Fsp3) is 0.667. The summed E-state index contributed by atoms with van der Waals surface area (Å²) in [6.07, 6.45) is 3.99. The fourth-order valence-corrected chi connectivity index (χ4v) is 3.94. The third kappa shape index (κ3) is 8.27. The Bertz CT molecular complexity index is 663. The molecule has 0 aliphatic rings. The molecule has 1 N–H and O–H groups in total. The van der Waals surface area contributed by atoms with E-state index < -0.39 is 10.0 Å². The average molecular weight is 550 g/mol. The standard InChI is InChI=1S/C15H28BrN5O2S.HI/c1-6-21(24(5,22)23)9-7-8-18-15(17-2)20(4)12-14-10-13(16)11-19(14)3;/h10-11H,6-9,12H2,1-5H3,(H,17,18);1H. The van der Waals surface area contributed by atoms with Crippen LogP contribution in [0.4, 0.5) is 0 Å². The van der Waals surface area contributed by atoms with Crippen LogP contribution in [0.5, 0.6) is 0 Å². The summed E-state index contributed by atoms with van der Waals surface area (Å²) in [5.74, 6) is 0.787.